The van der Waals surface area contributed by atoms with Crippen LogP contribution in [0.25, 0.3) is 0 Å². The molecule has 2 unspecified atom stereocenters. The molecule has 0 fully saturated rings. The molecule has 106 valence electrons. The second-order valence-corrected chi connectivity index (χ2v) is 5.87. The van der Waals surface area contributed by atoms with Crippen LogP contribution in [-0.4, -0.2) is 31.9 Å². The fraction of sp³-hybridized carbons (Fsp3) is 0.867. The average Bonchev–Trinajstić information content (AvgIpc) is 2.33. The smallest absolute Gasteiger partial charge is 0.112 e. The van der Waals surface area contributed by atoms with Crippen LogP contribution in [0, 0.1) is 5.41 Å². The minimum absolute atomic E-state index is 0.0878. The van der Waals surface area contributed by atoms with Gasteiger partial charge in [0.1, 0.15) is 5.76 Å². The maximum atomic E-state index is 5.99. The molecule has 0 spiro atoms. The summed E-state index contributed by atoms with van der Waals surface area (Å²) in [6.45, 7) is 13.3. The molecule has 2 atom stereocenters. The van der Waals surface area contributed by atoms with E-state index in [1.165, 1.54) is 0 Å². The van der Waals surface area contributed by atoms with Gasteiger partial charge in [0.25, 0.3) is 0 Å². The quantitative estimate of drug-likeness (QED) is 0.791. The normalized spacial score (nSPS) is 19.9. The van der Waals surface area contributed by atoms with Crippen molar-refractivity contribution in [2.45, 2.75) is 59.6 Å². The number of allylic oxidation sites excluding steroid dienone is 1. The highest BCUT2D eigenvalue weighted by molar-refractivity contribution is 5.10. The lowest BCUT2D eigenvalue weighted by Crippen LogP contribution is -2.50. The molecule has 18 heavy (non-hydrogen) atoms. The molecule has 1 heterocycles. The summed E-state index contributed by atoms with van der Waals surface area (Å²) in [5.74, 6) is 1.07. The lowest BCUT2D eigenvalue weighted by atomic mass is 9.83. The van der Waals surface area contributed by atoms with Crippen molar-refractivity contribution in [3.8, 4) is 0 Å². The van der Waals surface area contributed by atoms with Crippen LogP contribution in [-0.2, 0) is 9.47 Å². The molecule has 0 aromatic rings. The Bertz CT molecular complexity index is 268. The molecule has 1 aliphatic rings. The number of rotatable bonds is 6. The Morgan fingerprint density at radius 1 is 1.39 bits per heavy atom. The molecule has 0 aliphatic carbocycles. The summed E-state index contributed by atoms with van der Waals surface area (Å²) < 4.78 is 11.8. The first-order valence-electron chi connectivity index (χ1n) is 7.18. The number of hydrogen-bond donors (Lipinski definition) is 1. The summed E-state index contributed by atoms with van der Waals surface area (Å²) >= 11 is 0. The Kier molecular flexibility index (Phi) is 6.16. The van der Waals surface area contributed by atoms with E-state index in [9.17, 15) is 0 Å². The highest BCUT2D eigenvalue weighted by Crippen LogP contribution is 2.29. The van der Waals surface area contributed by atoms with E-state index < -0.39 is 0 Å². The molecular weight excluding hydrogens is 226 g/mol. The van der Waals surface area contributed by atoms with Crippen LogP contribution in [0.15, 0.2) is 11.8 Å². The van der Waals surface area contributed by atoms with E-state index in [2.05, 4.69) is 46.0 Å². The van der Waals surface area contributed by atoms with Crippen molar-refractivity contribution in [2.75, 3.05) is 19.8 Å². The Labute approximate surface area is 112 Å². The monoisotopic (exact) mass is 255 g/mol. The SMILES string of the molecule is CCNC(C1=CCCCO1)C(OCC)C(C)(C)C. The largest absolute Gasteiger partial charge is 0.496 e. The Morgan fingerprint density at radius 3 is 2.56 bits per heavy atom. The van der Waals surface area contributed by atoms with Gasteiger partial charge in [-0.1, -0.05) is 27.7 Å². The summed E-state index contributed by atoms with van der Waals surface area (Å²) in [7, 11) is 0. The second-order valence-electron chi connectivity index (χ2n) is 5.87. The molecule has 0 saturated carbocycles. The highest BCUT2D eigenvalue weighted by Gasteiger charge is 2.35. The van der Waals surface area contributed by atoms with Gasteiger partial charge in [-0.3, -0.25) is 0 Å². The minimum Gasteiger partial charge on any atom is -0.496 e. The summed E-state index contributed by atoms with van der Waals surface area (Å²) in [6.07, 6.45) is 4.58. The van der Waals surface area contributed by atoms with Gasteiger partial charge in [0.2, 0.25) is 0 Å². The first kappa shape index (κ1) is 15.5. The van der Waals surface area contributed by atoms with E-state index in [0.717, 1.165) is 38.4 Å². The molecule has 0 amide bonds. The van der Waals surface area contributed by atoms with Gasteiger partial charge in [-0.05, 0) is 37.8 Å². The maximum Gasteiger partial charge on any atom is 0.112 e. The molecule has 0 aromatic heterocycles. The molecule has 3 heteroatoms. The first-order valence-corrected chi connectivity index (χ1v) is 7.18. The molecule has 0 radical (unpaired) electrons. The zero-order valence-electron chi connectivity index (χ0n) is 12.6. The fourth-order valence-corrected chi connectivity index (χ4v) is 2.40. The topological polar surface area (TPSA) is 30.5 Å². The molecular formula is C15H29NO2. The van der Waals surface area contributed by atoms with Crippen molar-refractivity contribution in [1.29, 1.82) is 0 Å². The van der Waals surface area contributed by atoms with Crippen LogP contribution in [0.3, 0.4) is 0 Å². The number of nitrogens with one attached hydrogen (secondary N) is 1. The lowest BCUT2D eigenvalue weighted by Gasteiger charge is -2.38. The maximum absolute atomic E-state index is 5.99. The predicted molar refractivity (Wildman–Crippen MR) is 75.6 cm³/mol. The van der Waals surface area contributed by atoms with Gasteiger partial charge in [0.15, 0.2) is 0 Å². The van der Waals surface area contributed by atoms with Crippen LogP contribution in [0.5, 0.6) is 0 Å². The van der Waals surface area contributed by atoms with Crippen LogP contribution in [0.4, 0.5) is 0 Å². The first-order chi connectivity index (χ1) is 8.50. The molecule has 0 bridgehead atoms. The van der Waals surface area contributed by atoms with Gasteiger partial charge in [0, 0.05) is 6.61 Å². The van der Waals surface area contributed by atoms with E-state index in [1.54, 1.807) is 0 Å². The van der Waals surface area contributed by atoms with E-state index in [1.807, 2.05) is 0 Å². The van der Waals surface area contributed by atoms with E-state index in [4.69, 9.17) is 9.47 Å². The highest BCUT2D eigenvalue weighted by atomic mass is 16.5. The minimum atomic E-state index is 0.0878. The molecule has 3 nitrogen and oxygen atoms in total. The average molecular weight is 255 g/mol. The van der Waals surface area contributed by atoms with Crippen molar-refractivity contribution >= 4 is 0 Å². The van der Waals surface area contributed by atoms with E-state index in [0.29, 0.717) is 0 Å². The standard InChI is InChI=1S/C15H29NO2/c1-6-16-13(12-10-8-9-11-18-12)14(17-7-2)15(3,4)5/h10,13-14,16H,6-9,11H2,1-5H3. The fourth-order valence-electron chi connectivity index (χ4n) is 2.40. The number of likely N-dealkylation sites (N-methyl/N-ethyl adjacent to an activating group) is 1. The van der Waals surface area contributed by atoms with Crippen LogP contribution < -0.4 is 5.32 Å². The van der Waals surface area contributed by atoms with Crippen molar-refractivity contribution in [3.63, 3.8) is 0 Å². The van der Waals surface area contributed by atoms with Crippen LogP contribution in [0.2, 0.25) is 0 Å². The van der Waals surface area contributed by atoms with Gasteiger partial charge >= 0.3 is 0 Å². The molecule has 0 saturated heterocycles. The second kappa shape index (κ2) is 7.15. The van der Waals surface area contributed by atoms with E-state index in [-0.39, 0.29) is 17.6 Å². The molecule has 1 aliphatic heterocycles. The van der Waals surface area contributed by atoms with Crippen LogP contribution >= 0.6 is 0 Å². The van der Waals surface area contributed by atoms with Gasteiger partial charge in [0.05, 0.1) is 18.8 Å². The zero-order chi connectivity index (χ0) is 13.6. The predicted octanol–water partition coefficient (Wildman–Crippen LogP) is 3.11. The van der Waals surface area contributed by atoms with Gasteiger partial charge < -0.3 is 14.8 Å². The summed E-state index contributed by atoms with van der Waals surface area (Å²) in [4.78, 5) is 0. The van der Waals surface area contributed by atoms with Gasteiger partial charge in [-0.15, -0.1) is 0 Å². The Hall–Kier alpha value is -0.540. The summed E-state index contributed by atoms with van der Waals surface area (Å²) in [6, 6.07) is 0.162. The third-order valence-corrected chi connectivity index (χ3v) is 3.20. The Balaban J connectivity index is 2.88. The van der Waals surface area contributed by atoms with Crippen molar-refractivity contribution in [2.24, 2.45) is 5.41 Å². The molecule has 0 aromatic carbocycles. The zero-order valence-corrected chi connectivity index (χ0v) is 12.6. The third-order valence-electron chi connectivity index (χ3n) is 3.20. The summed E-state index contributed by atoms with van der Waals surface area (Å²) in [5.41, 5.74) is 0.0878. The third kappa shape index (κ3) is 4.29. The van der Waals surface area contributed by atoms with Gasteiger partial charge in [-0.2, -0.15) is 0 Å². The van der Waals surface area contributed by atoms with Crippen LogP contribution in [0.1, 0.15) is 47.5 Å². The molecule has 1 rings (SSSR count). The molecule has 1 N–H and O–H groups in total. The Morgan fingerprint density at radius 2 is 2.11 bits per heavy atom. The lowest BCUT2D eigenvalue weighted by molar-refractivity contribution is -0.0403. The summed E-state index contributed by atoms with van der Waals surface area (Å²) in [5, 5.41) is 3.53. The van der Waals surface area contributed by atoms with Crippen molar-refractivity contribution in [3.05, 3.63) is 11.8 Å². The van der Waals surface area contributed by atoms with Crippen molar-refractivity contribution in [1.82, 2.24) is 5.32 Å². The van der Waals surface area contributed by atoms with E-state index >= 15 is 0 Å². The van der Waals surface area contributed by atoms with Crippen molar-refractivity contribution < 1.29 is 9.47 Å². The number of hydrogen-bond acceptors (Lipinski definition) is 3. The number of ether oxygens (including phenoxy) is 2. The van der Waals surface area contributed by atoms with Gasteiger partial charge in [-0.25, -0.2) is 0 Å².